The minimum Gasteiger partial charge on any atom is -0.377 e. The second-order valence-corrected chi connectivity index (χ2v) is 3.08. The topological polar surface area (TPSA) is 47.3 Å². The molecule has 0 unspecified atom stereocenters. The molecule has 1 heterocycles. The number of aromatic nitrogens is 1. The van der Waals surface area contributed by atoms with Gasteiger partial charge in [-0.05, 0) is 13.8 Å². The first kappa shape index (κ1) is 10.2. The molecule has 0 atom stereocenters. The lowest BCUT2D eigenvalue weighted by Gasteiger charge is -2.07. The third kappa shape index (κ3) is 4.65. The van der Waals surface area contributed by atoms with Crippen LogP contribution >= 0.6 is 0 Å². The second-order valence-electron chi connectivity index (χ2n) is 3.08. The highest BCUT2D eigenvalue weighted by Gasteiger charge is 1.96. The molecule has 0 bridgehead atoms. The van der Waals surface area contributed by atoms with E-state index >= 15 is 0 Å². The average molecular weight is 184 g/mol. The summed E-state index contributed by atoms with van der Waals surface area (Å²) in [5.41, 5.74) is 0. The van der Waals surface area contributed by atoms with Gasteiger partial charge < -0.3 is 14.6 Å². The Morgan fingerprint density at radius 3 is 3.08 bits per heavy atom. The van der Waals surface area contributed by atoms with Crippen LogP contribution in [0, 0.1) is 0 Å². The summed E-state index contributed by atoms with van der Waals surface area (Å²) < 4.78 is 10.3. The van der Waals surface area contributed by atoms with Crippen LogP contribution in [-0.4, -0.2) is 24.4 Å². The monoisotopic (exact) mass is 184 g/mol. The fourth-order valence-electron chi connectivity index (χ4n) is 0.912. The Morgan fingerprint density at radius 2 is 2.46 bits per heavy atom. The van der Waals surface area contributed by atoms with E-state index in [1.54, 1.807) is 6.20 Å². The van der Waals surface area contributed by atoms with E-state index < -0.39 is 0 Å². The molecule has 0 aliphatic heterocycles. The molecule has 0 radical (unpaired) electrons. The van der Waals surface area contributed by atoms with E-state index in [-0.39, 0.29) is 0 Å². The molecule has 4 heteroatoms. The van der Waals surface area contributed by atoms with Gasteiger partial charge in [-0.2, -0.15) is 0 Å². The van der Waals surface area contributed by atoms with Crippen LogP contribution in [0.5, 0.6) is 0 Å². The molecule has 1 aromatic heterocycles. The van der Waals surface area contributed by atoms with Crippen molar-refractivity contribution in [2.75, 3.05) is 13.2 Å². The summed E-state index contributed by atoms with van der Waals surface area (Å²) in [6, 6.07) is 1.84. The summed E-state index contributed by atoms with van der Waals surface area (Å²) in [4.78, 5) is 0. The third-order valence-corrected chi connectivity index (χ3v) is 1.52. The van der Waals surface area contributed by atoms with Crippen molar-refractivity contribution >= 4 is 0 Å². The number of hydrogen-bond acceptors (Lipinski definition) is 4. The second kappa shape index (κ2) is 5.72. The van der Waals surface area contributed by atoms with Crippen LogP contribution in [0.4, 0.5) is 0 Å². The van der Waals surface area contributed by atoms with Gasteiger partial charge in [-0.1, -0.05) is 5.16 Å². The average Bonchev–Trinajstić information content (AvgIpc) is 2.55. The van der Waals surface area contributed by atoms with E-state index in [0.29, 0.717) is 12.6 Å². The predicted octanol–water partition coefficient (Wildman–Crippen LogP) is 1.19. The molecule has 0 spiro atoms. The van der Waals surface area contributed by atoms with E-state index in [1.807, 2.05) is 19.9 Å². The normalized spacial score (nSPS) is 11.0. The van der Waals surface area contributed by atoms with Crippen molar-refractivity contribution in [2.45, 2.75) is 26.5 Å². The Labute approximate surface area is 78.2 Å². The fourth-order valence-corrected chi connectivity index (χ4v) is 0.912. The number of nitrogens with zero attached hydrogens (tertiary/aromatic N) is 1. The summed E-state index contributed by atoms with van der Waals surface area (Å²) >= 11 is 0. The van der Waals surface area contributed by atoms with E-state index in [4.69, 9.17) is 9.26 Å². The number of rotatable bonds is 6. The maximum atomic E-state index is 5.35. The predicted molar refractivity (Wildman–Crippen MR) is 49.3 cm³/mol. The van der Waals surface area contributed by atoms with Crippen LogP contribution in [0.1, 0.15) is 19.6 Å². The molecule has 1 N–H and O–H groups in total. The van der Waals surface area contributed by atoms with Crippen molar-refractivity contribution in [2.24, 2.45) is 0 Å². The van der Waals surface area contributed by atoms with Gasteiger partial charge in [0, 0.05) is 12.6 Å². The molecular formula is C9H16N2O2. The van der Waals surface area contributed by atoms with E-state index in [1.165, 1.54) is 0 Å². The molecule has 0 saturated heterocycles. The molecule has 0 aliphatic carbocycles. The molecule has 4 nitrogen and oxygen atoms in total. The number of nitrogens with one attached hydrogen (secondary N) is 1. The zero-order valence-electron chi connectivity index (χ0n) is 8.12. The zero-order chi connectivity index (χ0) is 9.52. The summed E-state index contributed by atoms with van der Waals surface area (Å²) in [5, 5.41) is 6.79. The van der Waals surface area contributed by atoms with Crippen LogP contribution in [-0.2, 0) is 11.3 Å². The van der Waals surface area contributed by atoms with Gasteiger partial charge in [0.15, 0.2) is 0 Å². The van der Waals surface area contributed by atoms with E-state index in [2.05, 4.69) is 10.5 Å². The largest absolute Gasteiger partial charge is 0.377 e. The summed E-state index contributed by atoms with van der Waals surface area (Å²) in [5.74, 6) is 0.851. The van der Waals surface area contributed by atoms with Crippen molar-refractivity contribution in [3.63, 3.8) is 0 Å². The van der Waals surface area contributed by atoms with Crippen molar-refractivity contribution in [1.82, 2.24) is 10.5 Å². The summed E-state index contributed by atoms with van der Waals surface area (Å²) in [7, 11) is 0. The maximum absolute atomic E-state index is 5.35. The van der Waals surface area contributed by atoms with Gasteiger partial charge in [0.25, 0.3) is 0 Å². The number of hydrogen-bond donors (Lipinski definition) is 1. The van der Waals surface area contributed by atoms with Gasteiger partial charge in [0.2, 0.25) is 0 Å². The minimum atomic E-state index is 0.298. The van der Waals surface area contributed by atoms with Crippen molar-refractivity contribution in [3.05, 3.63) is 18.0 Å². The highest BCUT2D eigenvalue weighted by molar-refractivity contribution is 4.91. The first-order chi connectivity index (χ1) is 6.29. The van der Waals surface area contributed by atoms with Crippen LogP contribution in [0.2, 0.25) is 0 Å². The quantitative estimate of drug-likeness (QED) is 0.674. The molecule has 0 aromatic carbocycles. The van der Waals surface area contributed by atoms with Crippen LogP contribution < -0.4 is 5.32 Å². The third-order valence-electron chi connectivity index (χ3n) is 1.52. The van der Waals surface area contributed by atoms with Gasteiger partial charge in [-0.25, -0.2) is 0 Å². The van der Waals surface area contributed by atoms with Gasteiger partial charge in [-0.15, -0.1) is 0 Å². The lowest BCUT2D eigenvalue weighted by molar-refractivity contribution is 0.0804. The Balaban J connectivity index is 1.96. The highest BCUT2D eigenvalue weighted by Crippen LogP contribution is 1.94. The van der Waals surface area contributed by atoms with Crippen molar-refractivity contribution < 1.29 is 9.26 Å². The molecule has 74 valence electrons. The Bertz CT molecular complexity index is 209. The van der Waals surface area contributed by atoms with Crippen molar-refractivity contribution in [3.8, 4) is 0 Å². The molecule has 0 amide bonds. The lowest BCUT2D eigenvalue weighted by Crippen LogP contribution is -2.20. The summed E-state index contributed by atoms with van der Waals surface area (Å²) in [6.45, 7) is 6.32. The molecule has 13 heavy (non-hydrogen) atoms. The van der Waals surface area contributed by atoms with Gasteiger partial charge >= 0.3 is 0 Å². The first-order valence-electron chi connectivity index (χ1n) is 4.51. The highest BCUT2D eigenvalue weighted by atomic mass is 16.5. The molecule has 1 rings (SSSR count). The van der Waals surface area contributed by atoms with Crippen LogP contribution in [0.25, 0.3) is 0 Å². The first-order valence-corrected chi connectivity index (χ1v) is 4.51. The minimum absolute atomic E-state index is 0.298. The molecular weight excluding hydrogens is 168 g/mol. The Morgan fingerprint density at radius 1 is 1.62 bits per heavy atom. The van der Waals surface area contributed by atoms with E-state index in [9.17, 15) is 0 Å². The SMILES string of the molecule is CC(C)OCCNCc1ccno1. The van der Waals surface area contributed by atoms with Crippen molar-refractivity contribution in [1.29, 1.82) is 0 Å². The Hall–Kier alpha value is -0.870. The zero-order valence-corrected chi connectivity index (χ0v) is 8.12. The number of ether oxygens (including phenoxy) is 1. The van der Waals surface area contributed by atoms with Gasteiger partial charge in [-0.3, -0.25) is 0 Å². The maximum Gasteiger partial charge on any atom is 0.150 e. The summed E-state index contributed by atoms with van der Waals surface area (Å²) in [6.07, 6.45) is 1.94. The molecule has 0 saturated carbocycles. The smallest absolute Gasteiger partial charge is 0.150 e. The fraction of sp³-hybridized carbons (Fsp3) is 0.667. The van der Waals surface area contributed by atoms with Gasteiger partial charge in [0.1, 0.15) is 5.76 Å². The lowest BCUT2D eigenvalue weighted by atomic mass is 10.4. The molecule has 0 fully saturated rings. The van der Waals surface area contributed by atoms with Crippen LogP contribution in [0.3, 0.4) is 0 Å². The Kier molecular flexibility index (Phi) is 4.49. The molecule has 1 aromatic rings. The van der Waals surface area contributed by atoms with E-state index in [0.717, 1.165) is 18.9 Å². The standard InChI is InChI=1S/C9H16N2O2/c1-8(2)12-6-5-10-7-9-3-4-11-13-9/h3-4,8,10H,5-7H2,1-2H3. The van der Waals surface area contributed by atoms with Gasteiger partial charge in [0.05, 0.1) is 25.5 Å². The van der Waals surface area contributed by atoms with Crippen LogP contribution in [0.15, 0.2) is 16.8 Å². The molecule has 0 aliphatic rings.